The normalized spacial score (nSPS) is 12.7. The van der Waals surface area contributed by atoms with Crippen molar-refractivity contribution in [2.24, 2.45) is 5.16 Å². The fourth-order valence-electron chi connectivity index (χ4n) is 0.436. The maximum atomic E-state index is 4.88. The van der Waals surface area contributed by atoms with Crippen molar-refractivity contribution in [2.75, 3.05) is 0 Å². The van der Waals surface area contributed by atoms with Crippen LogP contribution in [0.1, 0.15) is 13.8 Å². The van der Waals surface area contributed by atoms with Gasteiger partial charge in [0, 0.05) is 6.21 Å². The molecule has 0 saturated carbocycles. The van der Waals surface area contributed by atoms with Gasteiger partial charge in [0.15, 0.2) is 0 Å². The van der Waals surface area contributed by atoms with Crippen molar-refractivity contribution < 1.29 is 4.84 Å². The van der Waals surface area contributed by atoms with Gasteiger partial charge in [-0.25, -0.2) is 0 Å². The van der Waals surface area contributed by atoms with Gasteiger partial charge in [-0.3, -0.25) is 0 Å². The molecule has 0 aromatic carbocycles. The van der Waals surface area contributed by atoms with E-state index in [2.05, 4.69) is 11.7 Å². The quantitative estimate of drug-likeness (QED) is 0.262. The van der Waals surface area contributed by atoms with E-state index < -0.39 is 0 Å². The van der Waals surface area contributed by atoms with Crippen molar-refractivity contribution in [1.29, 1.82) is 0 Å². The van der Waals surface area contributed by atoms with Gasteiger partial charge < -0.3 is 4.84 Å². The molecular formula is C9H13NO. The van der Waals surface area contributed by atoms with Crippen LogP contribution in [0.2, 0.25) is 0 Å². The monoisotopic (exact) mass is 151 g/mol. The van der Waals surface area contributed by atoms with Crippen molar-refractivity contribution in [3.63, 3.8) is 0 Å². The molecule has 0 heterocycles. The standard InChI is InChI=1S/C9H13NO/c1-4-6-7-8-9(3)11-10-5-2/h4-8H,1H2,2-3H3/b7-6-,9-8+,10-5-. The summed E-state index contributed by atoms with van der Waals surface area (Å²) in [5, 5.41) is 3.60. The fraction of sp³-hybridized carbons (Fsp3) is 0.222. The molecule has 11 heavy (non-hydrogen) atoms. The Hall–Kier alpha value is -1.31. The van der Waals surface area contributed by atoms with Crippen molar-refractivity contribution in [2.45, 2.75) is 13.8 Å². The van der Waals surface area contributed by atoms with E-state index in [0.29, 0.717) is 0 Å². The molecule has 0 bridgehead atoms. The van der Waals surface area contributed by atoms with Crippen molar-refractivity contribution >= 4 is 6.21 Å². The molecule has 0 unspecified atom stereocenters. The zero-order chi connectivity index (χ0) is 8.53. The van der Waals surface area contributed by atoms with E-state index in [9.17, 15) is 0 Å². The molecule has 0 aromatic heterocycles. The molecule has 60 valence electrons. The lowest BCUT2D eigenvalue weighted by molar-refractivity contribution is 0.231. The minimum absolute atomic E-state index is 0.751. The maximum Gasteiger partial charge on any atom is 0.131 e. The molecule has 0 fully saturated rings. The Kier molecular flexibility index (Phi) is 5.99. The summed E-state index contributed by atoms with van der Waals surface area (Å²) in [7, 11) is 0. The number of nitrogens with zero attached hydrogens (tertiary/aromatic N) is 1. The van der Waals surface area contributed by atoms with E-state index in [1.165, 1.54) is 0 Å². The highest BCUT2D eigenvalue weighted by molar-refractivity contribution is 5.52. The van der Waals surface area contributed by atoms with Crippen LogP contribution in [0, 0.1) is 0 Å². The second-order valence-corrected chi connectivity index (χ2v) is 1.85. The van der Waals surface area contributed by atoms with Crippen LogP contribution in [-0.2, 0) is 4.84 Å². The number of hydrogen-bond acceptors (Lipinski definition) is 2. The molecule has 0 radical (unpaired) electrons. The van der Waals surface area contributed by atoms with Gasteiger partial charge in [0.1, 0.15) is 5.76 Å². The number of allylic oxidation sites excluding steroid dienone is 5. The molecule has 0 N–H and O–H groups in total. The lowest BCUT2D eigenvalue weighted by Crippen LogP contribution is -1.76. The van der Waals surface area contributed by atoms with Gasteiger partial charge in [-0.1, -0.05) is 30.0 Å². The SMILES string of the molecule is C=C/C=C\C=C(/C)O/N=C\C. The Morgan fingerprint density at radius 1 is 1.45 bits per heavy atom. The highest BCUT2D eigenvalue weighted by Crippen LogP contribution is 1.95. The zero-order valence-corrected chi connectivity index (χ0v) is 6.95. The van der Waals surface area contributed by atoms with Gasteiger partial charge in [-0.2, -0.15) is 0 Å². The van der Waals surface area contributed by atoms with Crippen LogP contribution in [0.25, 0.3) is 0 Å². The first-order chi connectivity index (χ1) is 5.31. The number of hydrogen-bond donors (Lipinski definition) is 0. The summed E-state index contributed by atoms with van der Waals surface area (Å²) in [5.74, 6) is 0.751. The highest BCUT2D eigenvalue weighted by atomic mass is 16.6. The summed E-state index contributed by atoms with van der Waals surface area (Å²) in [6.07, 6.45) is 8.77. The molecule has 0 atom stereocenters. The average molecular weight is 151 g/mol. The first-order valence-electron chi connectivity index (χ1n) is 3.42. The third-order valence-corrected chi connectivity index (χ3v) is 0.880. The minimum Gasteiger partial charge on any atom is -0.362 e. The van der Waals surface area contributed by atoms with E-state index in [-0.39, 0.29) is 0 Å². The van der Waals surface area contributed by atoms with Gasteiger partial charge in [0.2, 0.25) is 0 Å². The van der Waals surface area contributed by atoms with Crippen LogP contribution in [-0.4, -0.2) is 6.21 Å². The molecule has 0 amide bonds. The predicted molar refractivity (Wildman–Crippen MR) is 48.3 cm³/mol. The van der Waals surface area contributed by atoms with Gasteiger partial charge in [0.25, 0.3) is 0 Å². The molecule has 0 aliphatic carbocycles. The van der Waals surface area contributed by atoms with E-state index >= 15 is 0 Å². The molecule has 0 aromatic rings. The van der Waals surface area contributed by atoms with Crippen LogP contribution >= 0.6 is 0 Å². The molecule has 0 spiro atoms. The van der Waals surface area contributed by atoms with Crippen molar-refractivity contribution in [3.8, 4) is 0 Å². The molecule has 0 saturated heterocycles. The first-order valence-corrected chi connectivity index (χ1v) is 3.42. The van der Waals surface area contributed by atoms with Gasteiger partial charge >= 0.3 is 0 Å². The lowest BCUT2D eigenvalue weighted by Gasteiger charge is -1.92. The fourth-order valence-corrected chi connectivity index (χ4v) is 0.436. The van der Waals surface area contributed by atoms with Gasteiger partial charge in [-0.05, 0) is 19.9 Å². The molecule has 0 aliphatic heterocycles. The Balaban J connectivity index is 3.80. The minimum atomic E-state index is 0.751. The van der Waals surface area contributed by atoms with Crippen LogP contribution in [0.5, 0.6) is 0 Å². The van der Waals surface area contributed by atoms with Crippen molar-refractivity contribution in [1.82, 2.24) is 0 Å². The lowest BCUT2D eigenvalue weighted by atomic mass is 10.4. The predicted octanol–water partition coefficient (Wildman–Crippen LogP) is 2.65. The second-order valence-electron chi connectivity index (χ2n) is 1.85. The largest absolute Gasteiger partial charge is 0.362 e. The molecule has 2 heteroatoms. The molecule has 2 nitrogen and oxygen atoms in total. The Morgan fingerprint density at radius 3 is 2.73 bits per heavy atom. The summed E-state index contributed by atoms with van der Waals surface area (Å²) in [5.41, 5.74) is 0. The Bertz CT molecular complexity index is 190. The smallest absolute Gasteiger partial charge is 0.131 e. The summed E-state index contributed by atoms with van der Waals surface area (Å²) >= 11 is 0. The first kappa shape index (κ1) is 9.69. The maximum absolute atomic E-state index is 4.88. The average Bonchev–Trinajstić information content (AvgIpc) is 2.01. The third kappa shape index (κ3) is 6.58. The van der Waals surface area contributed by atoms with E-state index in [1.54, 1.807) is 19.2 Å². The Morgan fingerprint density at radius 2 is 2.18 bits per heavy atom. The summed E-state index contributed by atoms with van der Waals surface area (Å²) in [4.78, 5) is 4.88. The summed E-state index contributed by atoms with van der Waals surface area (Å²) in [6.45, 7) is 7.17. The van der Waals surface area contributed by atoms with Gasteiger partial charge in [-0.15, -0.1) is 0 Å². The summed E-state index contributed by atoms with van der Waals surface area (Å²) < 4.78 is 0. The van der Waals surface area contributed by atoms with E-state index in [4.69, 9.17) is 4.84 Å². The van der Waals surface area contributed by atoms with E-state index in [1.807, 2.05) is 25.2 Å². The zero-order valence-electron chi connectivity index (χ0n) is 6.95. The van der Waals surface area contributed by atoms with Crippen LogP contribution in [0.15, 0.2) is 41.8 Å². The van der Waals surface area contributed by atoms with Crippen molar-refractivity contribution in [3.05, 3.63) is 36.6 Å². The van der Waals surface area contributed by atoms with Crippen LogP contribution in [0.3, 0.4) is 0 Å². The molecule has 0 aliphatic rings. The van der Waals surface area contributed by atoms with Crippen LogP contribution < -0.4 is 0 Å². The topological polar surface area (TPSA) is 21.6 Å². The molecular weight excluding hydrogens is 138 g/mol. The van der Waals surface area contributed by atoms with E-state index in [0.717, 1.165) is 5.76 Å². The van der Waals surface area contributed by atoms with Gasteiger partial charge in [0.05, 0.1) is 0 Å². The highest BCUT2D eigenvalue weighted by Gasteiger charge is 1.80. The number of oxime groups is 1. The third-order valence-electron chi connectivity index (χ3n) is 0.880. The molecule has 0 rings (SSSR count). The second kappa shape index (κ2) is 6.81. The Labute approximate surface area is 67.6 Å². The summed E-state index contributed by atoms with van der Waals surface area (Å²) in [6, 6.07) is 0. The van der Waals surface area contributed by atoms with Crippen LogP contribution in [0.4, 0.5) is 0 Å². The number of rotatable bonds is 4.